The van der Waals surface area contributed by atoms with Crippen LogP contribution in [0.25, 0.3) is 0 Å². The largest absolute Gasteiger partial charge is 0.497 e. The third-order valence-corrected chi connectivity index (χ3v) is 5.73. The molecular formula is C23H27NO3. The van der Waals surface area contributed by atoms with Crippen LogP contribution in [-0.2, 0) is 17.6 Å². The second-order valence-electron chi connectivity index (χ2n) is 7.49. The third kappa shape index (κ3) is 3.66. The van der Waals surface area contributed by atoms with Gasteiger partial charge in [-0.2, -0.15) is 0 Å². The molecule has 0 radical (unpaired) electrons. The Labute approximate surface area is 161 Å². The lowest BCUT2D eigenvalue weighted by Crippen LogP contribution is -2.39. The Bertz CT molecular complexity index is 828. The molecule has 4 nitrogen and oxygen atoms in total. The van der Waals surface area contributed by atoms with E-state index in [4.69, 9.17) is 9.47 Å². The molecule has 4 heteroatoms. The lowest BCUT2D eigenvalue weighted by atomic mass is 9.86. The maximum Gasteiger partial charge on any atom is 0.227 e. The SMILES string of the molecule is COc1ccc(OC)c(CC(=O)N(C2CC2)C2CCCc3ccccc32)c1. The van der Waals surface area contributed by atoms with Gasteiger partial charge in [0, 0.05) is 11.6 Å². The molecule has 0 heterocycles. The van der Waals surface area contributed by atoms with Gasteiger partial charge >= 0.3 is 0 Å². The molecule has 27 heavy (non-hydrogen) atoms. The van der Waals surface area contributed by atoms with Gasteiger partial charge in [0.1, 0.15) is 11.5 Å². The fourth-order valence-corrected chi connectivity index (χ4v) is 4.28. The zero-order chi connectivity index (χ0) is 18.8. The van der Waals surface area contributed by atoms with Crippen molar-refractivity contribution >= 4 is 5.91 Å². The van der Waals surface area contributed by atoms with Gasteiger partial charge in [0.15, 0.2) is 0 Å². The molecule has 0 saturated heterocycles. The summed E-state index contributed by atoms with van der Waals surface area (Å²) in [6, 6.07) is 14.8. The van der Waals surface area contributed by atoms with E-state index >= 15 is 0 Å². The minimum Gasteiger partial charge on any atom is -0.497 e. The van der Waals surface area contributed by atoms with Gasteiger partial charge in [0.25, 0.3) is 0 Å². The van der Waals surface area contributed by atoms with Gasteiger partial charge in [-0.3, -0.25) is 4.79 Å². The summed E-state index contributed by atoms with van der Waals surface area (Å²) in [6.07, 6.45) is 5.87. The van der Waals surface area contributed by atoms with Crippen LogP contribution in [0, 0.1) is 0 Å². The van der Waals surface area contributed by atoms with Gasteiger partial charge in [-0.25, -0.2) is 0 Å². The van der Waals surface area contributed by atoms with Crippen molar-refractivity contribution in [1.82, 2.24) is 4.90 Å². The summed E-state index contributed by atoms with van der Waals surface area (Å²) in [7, 11) is 3.29. The normalized spacial score (nSPS) is 18.5. The highest BCUT2D eigenvalue weighted by Gasteiger charge is 2.39. The molecule has 2 aliphatic carbocycles. The number of ether oxygens (including phenoxy) is 2. The van der Waals surface area contributed by atoms with E-state index in [1.165, 1.54) is 11.1 Å². The molecule has 0 bridgehead atoms. The van der Waals surface area contributed by atoms with Gasteiger partial charge in [-0.1, -0.05) is 24.3 Å². The van der Waals surface area contributed by atoms with Gasteiger partial charge in [-0.15, -0.1) is 0 Å². The standard InChI is InChI=1S/C23H27NO3/c1-26-19-12-13-22(27-2)17(14-19)15-23(25)24(18-10-11-18)21-9-5-7-16-6-3-4-8-20(16)21/h3-4,6,8,12-14,18,21H,5,7,9-11,15H2,1-2H3. The van der Waals surface area contributed by atoms with Crippen LogP contribution < -0.4 is 9.47 Å². The monoisotopic (exact) mass is 365 g/mol. The Morgan fingerprint density at radius 2 is 1.89 bits per heavy atom. The van der Waals surface area contributed by atoms with Crippen molar-refractivity contribution < 1.29 is 14.3 Å². The van der Waals surface area contributed by atoms with Crippen LogP contribution in [0.3, 0.4) is 0 Å². The Kier molecular flexibility index (Phi) is 5.06. The first kappa shape index (κ1) is 17.9. The Morgan fingerprint density at radius 3 is 2.63 bits per heavy atom. The van der Waals surface area contributed by atoms with Crippen molar-refractivity contribution in [1.29, 1.82) is 0 Å². The number of aryl methyl sites for hydroxylation is 1. The highest BCUT2D eigenvalue weighted by atomic mass is 16.5. The maximum absolute atomic E-state index is 13.4. The molecule has 2 aromatic carbocycles. The summed E-state index contributed by atoms with van der Waals surface area (Å²) >= 11 is 0. The molecule has 1 amide bonds. The number of fused-ring (bicyclic) bond motifs is 1. The van der Waals surface area contributed by atoms with E-state index in [-0.39, 0.29) is 11.9 Å². The molecule has 1 unspecified atom stereocenters. The van der Waals surface area contributed by atoms with Crippen LogP contribution in [-0.4, -0.2) is 31.1 Å². The number of methoxy groups -OCH3 is 2. The average Bonchev–Trinajstić information content (AvgIpc) is 3.53. The van der Waals surface area contributed by atoms with E-state index < -0.39 is 0 Å². The summed E-state index contributed by atoms with van der Waals surface area (Å²) in [5.74, 6) is 1.68. The number of benzene rings is 2. The number of rotatable bonds is 6. The fourth-order valence-electron chi connectivity index (χ4n) is 4.28. The number of amides is 1. The minimum atomic E-state index is 0.186. The second-order valence-corrected chi connectivity index (χ2v) is 7.49. The molecule has 0 N–H and O–H groups in total. The molecule has 142 valence electrons. The fraction of sp³-hybridized carbons (Fsp3) is 0.435. The van der Waals surface area contributed by atoms with Crippen molar-refractivity contribution in [3.63, 3.8) is 0 Å². The van der Waals surface area contributed by atoms with Crippen molar-refractivity contribution in [3.05, 3.63) is 59.2 Å². The van der Waals surface area contributed by atoms with Gasteiger partial charge < -0.3 is 14.4 Å². The van der Waals surface area contributed by atoms with Crippen molar-refractivity contribution in [2.24, 2.45) is 0 Å². The quantitative estimate of drug-likeness (QED) is 0.765. The topological polar surface area (TPSA) is 38.8 Å². The minimum absolute atomic E-state index is 0.186. The number of hydrogen-bond donors (Lipinski definition) is 0. The van der Waals surface area contributed by atoms with E-state index in [0.29, 0.717) is 12.5 Å². The van der Waals surface area contributed by atoms with Crippen LogP contribution >= 0.6 is 0 Å². The first-order chi connectivity index (χ1) is 13.2. The van der Waals surface area contributed by atoms with Crippen molar-refractivity contribution in [3.8, 4) is 11.5 Å². The molecule has 1 fully saturated rings. The van der Waals surface area contributed by atoms with E-state index in [1.807, 2.05) is 18.2 Å². The van der Waals surface area contributed by atoms with E-state index in [9.17, 15) is 4.79 Å². The summed E-state index contributed by atoms with van der Waals surface area (Å²) in [5, 5.41) is 0. The van der Waals surface area contributed by atoms with Gasteiger partial charge in [-0.05, 0) is 61.4 Å². The number of hydrogen-bond acceptors (Lipinski definition) is 3. The number of carbonyl (C=O) groups excluding carboxylic acids is 1. The Balaban J connectivity index is 1.62. The summed E-state index contributed by atoms with van der Waals surface area (Å²) in [5.41, 5.74) is 3.62. The molecule has 2 aliphatic rings. The summed E-state index contributed by atoms with van der Waals surface area (Å²) in [4.78, 5) is 15.6. The highest BCUT2D eigenvalue weighted by Crippen LogP contribution is 2.41. The predicted molar refractivity (Wildman–Crippen MR) is 105 cm³/mol. The molecule has 1 atom stereocenters. The van der Waals surface area contributed by atoms with E-state index in [0.717, 1.165) is 49.2 Å². The lowest BCUT2D eigenvalue weighted by Gasteiger charge is -2.36. The Hall–Kier alpha value is -2.49. The molecule has 4 rings (SSSR count). The lowest BCUT2D eigenvalue weighted by molar-refractivity contribution is -0.134. The first-order valence-electron chi connectivity index (χ1n) is 9.81. The molecule has 0 aliphatic heterocycles. The van der Waals surface area contributed by atoms with Crippen LogP contribution in [0.4, 0.5) is 0 Å². The average molecular weight is 365 g/mol. The van der Waals surface area contributed by atoms with Crippen LogP contribution in [0.5, 0.6) is 11.5 Å². The maximum atomic E-state index is 13.4. The first-order valence-corrected chi connectivity index (χ1v) is 9.81. The summed E-state index contributed by atoms with van der Waals surface area (Å²) < 4.78 is 10.8. The molecule has 2 aromatic rings. The van der Waals surface area contributed by atoms with Gasteiger partial charge in [0.2, 0.25) is 5.91 Å². The second kappa shape index (κ2) is 7.63. The molecular weight excluding hydrogens is 338 g/mol. The Morgan fingerprint density at radius 1 is 1.07 bits per heavy atom. The third-order valence-electron chi connectivity index (χ3n) is 5.73. The van der Waals surface area contributed by atoms with Crippen molar-refractivity contribution in [2.75, 3.05) is 14.2 Å². The molecule has 0 aromatic heterocycles. The predicted octanol–water partition coefficient (Wildman–Crippen LogP) is 4.31. The number of nitrogens with zero attached hydrogens (tertiary/aromatic N) is 1. The van der Waals surface area contributed by atoms with Crippen LogP contribution in [0.2, 0.25) is 0 Å². The zero-order valence-corrected chi connectivity index (χ0v) is 16.1. The highest BCUT2D eigenvalue weighted by molar-refractivity contribution is 5.81. The van der Waals surface area contributed by atoms with E-state index in [1.54, 1.807) is 14.2 Å². The smallest absolute Gasteiger partial charge is 0.227 e. The molecule has 1 saturated carbocycles. The van der Waals surface area contributed by atoms with Crippen molar-refractivity contribution in [2.45, 2.75) is 50.6 Å². The molecule has 0 spiro atoms. The number of carbonyl (C=O) groups is 1. The van der Waals surface area contributed by atoms with Crippen LogP contribution in [0.1, 0.15) is 48.4 Å². The van der Waals surface area contributed by atoms with Gasteiger partial charge in [0.05, 0.1) is 26.7 Å². The summed E-state index contributed by atoms with van der Waals surface area (Å²) in [6.45, 7) is 0. The van der Waals surface area contributed by atoms with E-state index in [2.05, 4.69) is 29.2 Å². The van der Waals surface area contributed by atoms with Crippen LogP contribution in [0.15, 0.2) is 42.5 Å². The zero-order valence-electron chi connectivity index (χ0n) is 16.1.